The summed E-state index contributed by atoms with van der Waals surface area (Å²) in [6.45, 7) is 1.67. The summed E-state index contributed by atoms with van der Waals surface area (Å²) in [5.41, 5.74) is 3.79. The molecular formula is C19H21N5O4. The van der Waals surface area contributed by atoms with Crippen molar-refractivity contribution in [2.24, 2.45) is 20.0 Å². The number of imide groups is 1. The number of carbonyl (C=O) groups is 2. The van der Waals surface area contributed by atoms with Crippen molar-refractivity contribution >= 4 is 17.5 Å². The molecule has 2 aliphatic rings. The number of nitrogens with one attached hydrogen (secondary N) is 1. The Morgan fingerprint density at radius 3 is 2.18 bits per heavy atom. The van der Waals surface area contributed by atoms with Crippen LogP contribution in [0.1, 0.15) is 17.3 Å². The maximum Gasteiger partial charge on any atom is 0.330 e. The fourth-order valence-electron chi connectivity index (χ4n) is 4.12. The molecule has 0 bridgehead atoms. The zero-order valence-electron chi connectivity index (χ0n) is 16.0. The summed E-state index contributed by atoms with van der Waals surface area (Å²) in [6, 6.07) is 7.70. The normalized spacial score (nSPS) is 24.2. The van der Waals surface area contributed by atoms with Crippen LogP contribution >= 0.6 is 0 Å². The predicted octanol–water partition coefficient (Wildman–Crippen LogP) is -0.558. The van der Waals surface area contributed by atoms with E-state index in [1.54, 1.807) is 19.0 Å². The van der Waals surface area contributed by atoms with E-state index in [4.69, 9.17) is 0 Å². The summed E-state index contributed by atoms with van der Waals surface area (Å²) in [7, 11) is 4.44. The van der Waals surface area contributed by atoms with E-state index < -0.39 is 29.3 Å². The van der Waals surface area contributed by atoms with Crippen LogP contribution in [-0.2, 0) is 23.7 Å². The molecular weight excluding hydrogens is 362 g/mol. The summed E-state index contributed by atoms with van der Waals surface area (Å²) in [5, 5.41) is 1.66. The monoisotopic (exact) mass is 383 g/mol. The Hall–Kier alpha value is -3.20. The van der Waals surface area contributed by atoms with E-state index in [1.807, 2.05) is 30.3 Å². The Bertz CT molecular complexity index is 1100. The number of benzene rings is 1. The van der Waals surface area contributed by atoms with Crippen LogP contribution in [0.4, 0.5) is 5.69 Å². The van der Waals surface area contributed by atoms with Crippen molar-refractivity contribution < 1.29 is 9.59 Å². The lowest BCUT2D eigenvalue weighted by Crippen LogP contribution is -2.46. The van der Waals surface area contributed by atoms with E-state index in [0.717, 1.165) is 15.2 Å². The van der Waals surface area contributed by atoms with Gasteiger partial charge in [0.2, 0.25) is 5.91 Å². The van der Waals surface area contributed by atoms with Gasteiger partial charge in [-0.2, -0.15) is 0 Å². The van der Waals surface area contributed by atoms with E-state index in [9.17, 15) is 19.2 Å². The molecule has 4 rings (SSSR count). The fourth-order valence-corrected chi connectivity index (χ4v) is 4.12. The smallest absolute Gasteiger partial charge is 0.301 e. The van der Waals surface area contributed by atoms with Crippen LogP contribution in [0.3, 0.4) is 0 Å². The zero-order chi connectivity index (χ0) is 20.3. The van der Waals surface area contributed by atoms with Gasteiger partial charge in [-0.25, -0.2) is 10.2 Å². The van der Waals surface area contributed by atoms with Crippen molar-refractivity contribution in [3.05, 3.63) is 62.4 Å². The van der Waals surface area contributed by atoms with Gasteiger partial charge in [-0.05, 0) is 19.1 Å². The topological polar surface area (TPSA) is 96.7 Å². The molecule has 28 heavy (non-hydrogen) atoms. The Kier molecular flexibility index (Phi) is 4.00. The Morgan fingerprint density at radius 2 is 1.54 bits per heavy atom. The molecule has 0 radical (unpaired) electrons. The summed E-state index contributed by atoms with van der Waals surface area (Å²) in [4.78, 5) is 51.9. The number of nitrogens with zero attached hydrogens (tertiary/aromatic N) is 4. The van der Waals surface area contributed by atoms with Crippen molar-refractivity contribution in [2.45, 2.75) is 19.0 Å². The Morgan fingerprint density at radius 1 is 0.893 bits per heavy atom. The highest BCUT2D eigenvalue weighted by Crippen LogP contribution is 2.41. The number of carbonyl (C=O) groups excluding carboxylic acids is 2. The molecule has 0 saturated carbocycles. The number of anilines is 1. The highest BCUT2D eigenvalue weighted by atomic mass is 16.2. The number of para-hydroxylation sites is 1. The minimum absolute atomic E-state index is 0.314. The van der Waals surface area contributed by atoms with Crippen LogP contribution in [0.2, 0.25) is 0 Å². The predicted molar refractivity (Wildman–Crippen MR) is 102 cm³/mol. The molecule has 1 aromatic carbocycles. The molecule has 2 saturated heterocycles. The Balaban J connectivity index is 1.92. The van der Waals surface area contributed by atoms with Crippen LogP contribution in [0.15, 0.2) is 39.9 Å². The molecule has 0 unspecified atom stereocenters. The average molecular weight is 383 g/mol. The number of likely N-dealkylation sites (N-methyl/N-ethyl adjacent to an activating group) is 1. The summed E-state index contributed by atoms with van der Waals surface area (Å²) >= 11 is 0. The summed E-state index contributed by atoms with van der Waals surface area (Å²) in [5.74, 6) is -1.43. The van der Waals surface area contributed by atoms with Gasteiger partial charge in [0.25, 0.3) is 11.5 Å². The first-order valence-electron chi connectivity index (χ1n) is 8.94. The second kappa shape index (κ2) is 6.16. The third kappa shape index (κ3) is 2.29. The maximum atomic E-state index is 12.9. The minimum Gasteiger partial charge on any atom is -0.301 e. The van der Waals surface area contributed by atoms with Gasteiger partial charge in [0.15, 0.2) is 0 Å². The number of likely N-dealkylation sites (tertiary alicyclic amines) is 1. The highest BCUT2D eigenvalue weighted by molar-refractivity contribution is 6.09. The Labute approximate surface area is 160 Å². The van der Waals surface area contributed by atoms with Crippen LogP contribution in [-0.4, -0.2) is 38.9 Å². The van der Waals surface area contributed by atoms with Gasteiger partial charge in [-0.3, -0.25) is 28.9 Å². The first-order chi connectivity index (χ1) is 13.3. The van der Waals surface area contributed by atoms with Crippen LogP contribution in [0.5, 0.6) is 0 Å². The molecule has 0 aliphatic carbocycles. The quantitative estimate of drug-likeness (QED) is 0.699. The van der Waals surface area contributed by atoms with Crippen molar-refractivity contribution in [2.75, 3.05) is 12.1 Å². The average Bonchev–Trinajstić information content (AvgIpc) is 3.19. The van der Waals surface area contributed by atoms with Gasteiger partial charge in [-0.15, -0.1) is 0 Å². The van der Waals surface area contributed by atoms with Gasteiger partial charge in [0, 0.05) is 26.8 Å². The second-order valence-electron chi connectivity index (χ2n) is 7.22. The largest absolute Gasteiger partial charge is 0.330 e. The van der Waals surface area contributed by atoms with Gasteiger partial charge in [-0.1, -0.05) is 18.2 Å². The minimum atomic E-state index is -0.762. The molecule has 2 fully saturated rings. The van der Waals surface area contributed by atoms with Crippen molar-refractivity contribution in [1.29, 1.82) is 0 Å². The number of amides is 2. The standard InChI is InChI=1S/C19H21N5O4/c1-10-12(16(25)23(4)19(28)21(10)2)14-13-15(18(27)22(3)17(13)26)24(20-14)11-8-6-5-7-9-11/h5-9,13-15,20H,1-4H3/t13-,14+,15+/m1/s1. The fraction of sp³-hybridized carbons (Fsp3) is 0.368. The van der Waals surface area contributed by atoms with Gasteiger partial charge >= 0.3 is 5.69 Å². The van der Waals surface area contributed by atoms with Crippen LogP contribution in [0.25, 0.3) is 0 Å². The van der Waals surface area contributed by atoms with E-state index in [2.05, 4.69) is 5.43 Å². The lowest BCUT2D eigenvalue weighted by molar-refractivity contribution is -0.138. The summed E-state index contributed by atoms with van der Waals surface area (Å²) in [6.07, 6.45) is 0. The molecule has 3 heterocycles. The number of hydrazine groups is 1. The van der Waals surface area contributed by atoms with Crippen LogP contribution < -0.4 is 21.7 Å². The van der Waals surface area contributed by atoms with Gasteiger partial charge in [0.05, 0.1) is 23.2 Å². The first kappa shape index (κ1) is 18.2. The number of fused-ring (bicyclic) bond motifs is 1. The molecule has 2 aromatic rings. The van der Waals surface area contributed by atoms with E-state index in [0.29, 0.717) is 11.3 Å². The molecule has 3 atom stereocenters. The lowest BCUT2D eigenvalue weighted by atomic mass is 9.90. The number of hydrogen-bond acceptors (Lipinski definition) is 6. The molecule has 2 aliphatic heterocycles. The van der Waals surface area contributed by atoms with Crippen LogP contribution in [0, 0.1) is 12.8 Å². The third-order valence-corrected chi connectivity index (χ3v) is 5.80. The molecule has 9 heteroatoms. The van der Waals surface area contributed by atoms with E-state index in [-0.39, 0.29) is 11.8 Å². The van der Waals surface area contributed by atoms with Gasteiger partial charge in [0.1, 0.15) is 6.04 Å². The van der Waals surface area contributed by atoms with E-state index >= 15 is 0 Å². The molecule has 146 valence electrons. The lowest BCUT2D eigenvalue weighted by Gasteiger charge is -2.26. The maximum absolute atomic E-state index is 12.9. The highest BCUT2D eigenvalue weighted by Gasteiger charge is 2.58. The summed E-state index contributed by atoms with van der Waals surface area (Å²) < 4.78 is 2.40. The van der Waals surface area contributed by atoms with E-state index in [1.165, 1.54) is 18.7 Å². The molecule has 1 aromatic heterocycles. The SMILES string of the molecule is Cc1c([C@@H]2NN(c3ccccc3)[C@@H]3C(=O)N(C)C(=O)[C@@H]32)c(=O)n(C)c(=O)n1C. The third-order valence-electron chi connectivity index (χ3n) is 5.80. The van der Waals surface area contributed by atoms with Crippen molar-refractivity contribution in [3.8, 4) is 0 Å². The van der Waals surface area contributed by atoms with Crippen molar-refractivity contribution in [1.82, 2.24) is 19.5 Å². The van der Waals surface area contributed by atoms with Gasteiger partial charge < -0.3 is 4.57 Å². The number of hydrogen-bond donors (Lipinski definition) is 1. The number of rotatable bonds is 2. The number of aromatic nitrogens is 2. The molecule has 2 amide bonds. The van der Waals surface area contributed by atoms with Crippen molar-refractivity contribution in [3.63, 3.8) is 0 Å². The first-order valence-corrected chi connectivity index (χ1v) is 8.94. The molecule has 1 N–H and O–H groups in total. The molecule has 9 nitrogen and oxygen atoms in total. The second-order valence-corrected chi connectivity index (χ2v) is 7.22. The molecule has 0 spiro atoms. The zero-order valence-corrected chi connectivity index (χ0v) is 16.0.